The van der Waals surface area contributed by atoms with Gasteiger partial charge in [0.25, 0.3) is 5.66 Å². The molecule has 0 saturated carbocycles. The molecular formula is C10H15F2P. The van der Waals surface area contributed by atoms with E-state index in [0.29, 0.717) is 0 Å². The van der Waals surface area contributed by atoms with Crippen LogP contribution in [-0.2, 0) is 0 Å². The van der Waals surface area contributed by atoms with Crippen molar-refractivity contribution in [1.82, 2.24) is 0 Å². The van der Waals surface area contributed by atoms with Crippen molar-refractivity contribution in [3.05, 3.63) is 35.5 Å². The fourth-order valence-electron chi connectivity index (χ4n) is 0.686. The van der Waals surface area contributed by atoms with Gasteiger partial charge in [-0.25, -0.2) is 0 Å². The van der Waals surface area contributed by atoms with Crippen LogP contribution in [0.5, 0.6) is 0 Å². The summed E-state index contributed by atoms with van der Waals surface area (Å²) in [4.78, 5) is 0. The number of halogens is 2. The predicted molar refractivity (Wildman–Crippen MR) is 57.0 cm³/mol. The van der Waals surface area contributed by atoms with Gasteiger partial charge >= 0.3 is 0 Å². The first-order valence-electron chi connectivity index (χ1n) is 4.03. The summed E-state index contributed by atoms with van der Waals surface area (Å²) < 4.78 is 25.2. The molecule has 13 heavy (non-hydrogen) atoms. The van der Waals surface area contributed by atoms with E-state index in [9.17, 15) is 8.78 Å². The molecule has 0 heterocycles. The van der Waals surface area contributed by atoms with Crippen molar-refractivity contribution >= 4 is 9.24 Å². The minimum Gasteiger partial charge on any atom is -0.197 e. The Kier molecular flexibility index (Phi) is 5.09. The maximum atomic E-state index is 12.6. The number of rotatable bonds is 3. The third kappa shape index (κ3) is 5.70. The molecule has 0 amide bonds. The largest absolute Gasteiger partial charge is 0.280 e. The van der Waals surface area contributed by atoms with E-state index in [1.165, 1.54) is 22.2 Å². The summed E-state index contributed by atoms with van der Waals surface area (Å²) in [5, 5.41) is 0. The van der Waals surface area contributed by atoms with E-state index in [4.69, 9.17) is 0 Å². The van der Waals surface area contributed by atoms with Gasteiger partial charge in [0.05, 0.1) is 0 Å². The van der Waals surface area contributed by atoms with Crippen molar-refractivity contribution in [2.24, 2.45) is 0 Å². The zero-order valence-corrected chi connectivity index (χ0v) is 9.30. The zero-order valence-electron chi connectivity index (χ0n) is 8.14. The summed E-state index contributed by atoms with van der Waals surface area (Å²) in [6.45, 7) is 5.16. The molecule has 0 bridgehead atoms. The first kappa shape index (κ1) is 12.5. The van der Waals surface area contributed by atoms with E-state index in [0.717, 1.165) is 5.57 Å². The lowest BCUT2D eigenvalue weighted by molar-refractivity contribution is 0.147. The summed E-state index contributed by atoms with van der Waals surface area (Å²) in [6.07, 6.45) is 6.84. The second-order valence-electron chi connectivity index (χ2n) is 2.88. The quantitative estimate of drug-likeness (QED) is 0.482. The van der Waals surface area contributed by atoms with Crippen LogP contribution in [-0.4, -0.2) is 5.66 Å². The molecule has 0 aliphatic carbocycles. The number of alkyl halides is 2. The first-order valence-corrected chi connectivity index (χ1v) is 4.60. The molecule has 0 aliphatic rings. The molecule has 0 fully saturated rings. The third-order valence-corrected chi connectivity index (χ3v) is 2.01. The van der Waals surface area contributed by atoms with Crippen molar-refractivity contribution in [2.75, 3.05) is 0 Å². The summed E-state index contributed by atoms with van der Waals surface area (Å²) in [7, 11) is 1.52. The molecule has 0 radical (unpaired) electrons. The molecule has 0 spiro atoms. The molecule has 74 valence electrons. The van der Waals surface area contributed by atoms with Gasteiger partial charge in [-0.1, -0.05) is 39.1 Å². The van der Waals surface area contributed by atoms with Crippen LogP contribution in [0.4, 0.5) is 8.78 Å². The van der Waals surface area contributed by atoms with Gasteiger partial charge in [-0.05, 0) is 26.3 Å². The summed E-state index contributed by atoms with van der Waals surface area (Å²) in [5.74, 6) is 0. The topological polar surface area (TPSA) is 0 Å². The Labute approximate surface area is 80.6 Å². The van der Waals surface area contributed by atoms with E-state index in [-0.39, 0.29) is 5.57 Å². The van der Waals surface area contributed by atoms with Gasteiger partial charge in [0.15, 0.2) is 0 Å². The number of allylic oxidation sites excluding steroid dienone is 6. The zero-order chi connectivity index (χ0) is 10.5. The van der Waals surface area contributed by atoms with Crippen LogP contribution in [0.25, 0.3) is 0 Å². The van der Waals surface area contributed by atoms with Gasteiger partial charge in [-0.3, -0.25) is 0 Å². The van der Waals surface area contributed by atoms with Crippen LogP contribution in [0.15, 0.2) is 35.5 Å². The van der Waals surface area contributed by atoms with Crippen LogP contribution in [0.3, 0.4) is 0 Å². The molecule has 0 aromatic carbocycles. The fourth-order valence-corrected chi connectivity index (χ4v) is 0.782. The molecule has 3 heteroatoms. The van der Waals surface area contributed by atoms with Gasteiger partial charge in [0.2, 0.25) is 0 Å². The molecule has 1 atom stereocenters. The Morgan fingerprint density at radius 1 is 1.23 bits per heavy atom. The molecule has 0 nitrogen and oxygen atoms in total. The van der Waals surface area contributed by atoms with Gasteiger partial charge in [-0.2, -0.15) is 8.78 Å². The highest BCUT2D eigenvalue weighted by Crippen LogP contribution is 2.30. The molecule has 0 N–H and O–H groups in total. The molecule has 1 unspecified atom stereocenters. The van der Waals surface area contributed by atoms with Gasteiger partial charge in [0, 0.05) is 0 Å². The third-order valence-electron chi connectivity index (χ3n) is 1.55. The Balaban J connectivity index is 4.51. The summed E-state index contributed by atoms with van der Waals surface area (Å²) >= 11 is 0. The number of hydrogen-bond donors (Lipinski definition) is 0. The van der Waals surface area contributed by atoms with Gasteiger partial charge in [0.1, 0.15) is 0 Å². The molecule has 0 saturated heterocycles. The van der Waals surface area contributed by atoms with Crippen LogP contribution >= 0.6 is 9.24 Å². The van der Waals surface area contributed by atoms with E-state index < -0.39 is 5.66 Å². The van der Waals surface area contributed by atoms with Crippen molar-refractivity contribution in [3.63, 3.8) is 0 Å². The summed E-state index contributed by atoms with van der Waals surface area (Å²) in [6, 6.07) is 0. The van der Waals surface area contributed by atoms with Crippen LogP contribution in [0, 0.1) is 0 Å². The lowest BCUT2D eigenvalue weighted by Crippen LogP contribution is -2.05. The standard InChI is InChI=1S/C10H15F2P/c1-4-5-8(2)6-7-9(3)10(11,12)13/h4-7H,13H2,1-3H3/b5-4-,8-6-,9-7+. The SMILES string of the molecule is C\C=C/C(C)=C\C=C(/C)C(F)(F)P. The smallest absolute Gasteiger partial charge is 0.197 e. The van der Waals surface area contributed by atoms with E-state index in [1.54, 1.807) is 6.08 Å². The average molecular weight is 204 g/mol. The molecule has 0 aromatic heterocycles. The maximum absolute atomic E-state index is 12.6. The lowest BCUT2D eigenvalue weighted by atomic mass is 10.2. The Morgan fingerprint density at radius 3 is 2.15 bits per heavy atom. The molecule has 0 aromatic rings. The molecule has 0 aliphatic heterocycles. The highest BCUT2D eigenvalue weighted by molar-refractivity contribution is 7.18. The lowest BCUT2D eigenvalue weighted by Gasteiger charge is -2.08. The highest BCUT2D eigenvalue weighted by Gasteiger charge is 2.22. The monoisotopic (exact) mass is 204 g/mol. The Bertz CT molecular complexity index is 244. The minimum atomic E-state index is -2.80. The van der Waals surface area contributed by atoms with Crippen LogP contribution in [0.1, 0.15) is 20.8 Å². The Morgan fingerprint density at radius 2 is 1.77 bits per heavy atom. The van der Waals surface area contributed by atoms with Gasteiger partial charge < -0.3 is 0 Å². The van der Waals surface area contributed by atoms with Gasteiger partial charge in [-0.15, -0.1) is 0 Å². The normalized spacial score (nSPS) is 15.5. The van der Waals surface area contributed by atoms with Crippen molar-refractivity contribution in [3.8, 4) is 0 Å². The minimum absolute atomic E-state index is 0.0429. The maximum Gasteiger partial charge on any atom is 0.280 e. The second kappa shape index (κ2) is 5.29. The summed E-state index contributed by atoms with van der Waals surface area (Å²) in [5.41, 5.74) is -1.80. The fraction of sp³-hybridized carbons (Fsp3) is 0.400. The van der Waals surface area contributed by atoms with Crippen molar-refractivity contribution < 1.29 is 8.78 Å². The average Bonchev–Trinajstić information content (AvgIpc) is 1.99. The van der Waals surface area contributed by atoms with Crippen LogP contribution < -0.4 is 0 Å². The van der Waals surface area contributed by atoms with E-state index >= 15 is 0 Å². The Hall–Kier alpha value is -0.490. The first-order chi connectivity index (χ1) is 5.88. The van der Waals surface area contributed by atoms with Crippen molar-refractivity contribution in [2.45, 2.75) is 26.4 Å². The van der Waals surface area contributed by atoms with E-state index in [2.05, 4.69) is 0 Å². The van der Waals surface area contributed by atoms with Crippen molar-refractivity contribution in [1.29, 1.82) is 0 Å². The molecular weight excluding hydrogens is 189 g/mol. The molecule has 0 rings (SSSR count). The van der Waals surface area contributed by atoms with Crippen LogP contribution in [0.2, 0.25) is 0 Å². The predicted octanol–water partition coefficient (Wildman–Crippen LogP) is 3.92. The highest BCUT2D eigenvalue weighted by atomic mass is 31.0. The second-order valence-corrected chi connectivity index (χ2v) is 3.61. The number of hydrogen-bond acceptors (Lipinski definition) is 0. The van der Waals surface area contributed by atoms with E-state index in [1.807, 2.05) is 26.0 Å².